The first-order valence-corrected chi connectivity index (χ1v) is 12.1. The Kier molecular flexibility index (Phi) is 6.71. The summed E-state index contributed by atoms with van der Waals surface area (Å²) in [5.41, 5.74) is 2.18. The molecule has 0 radical (unpaired) electrons. The molecule has 1 aromatic rings. The summed E-state index contributed by atoms with van der Waals surface area (Å²) < 4.78 is 5.15. The third-order valence-corrected chi connectivity index (χ3v) is 7.82. The Morgan fingerprint density at radius 3 is 2.58 bits per heavy atom. The number of likely N-dealkylation sites (tertiary alicyclic amines) is 1. The van der Waals surface area contributed by atoms with Crippen LogP contribution in [-0.4, -0.2) is 49.1 Å². The van der Waals surface area contributed by atoms with Crippen LogP contribution in [0.5, 0.6) is 0 Å². The third-order valence-electron chi connectivity index (χ3n) is 7.82. The molecule has 5 heteroatoms. The standard InChI is InChI=1S/C26H38N2O3/c1-18(2)12-19-13-24(29)28(17-19)26(25(30)27-10-11-31-3)9-8-22-14-20-6-4-5-7-21(20)15-23(22)16-26/h4-7,18-19,22-23H,8-17H2,1-3H3,(H,27,30)/t19-,22-,23+,26+/m0/s1. The van der Waals surface area contributed by atoms with Crippen molar-refractivity contribution >= 4 is 11.8 Å². The molecule has 3 aliphatic rings. The van der Waals surface area contributed by atoms with Gasteiger partial charge in [0.25, 0.3) is 0 Å². The molecule has 170 valence electrons. The Bertz CT molecular complexity index is 808. The van der Waals surface area contributed by atoms with Crippen molar-refractivity contribution in [2.45, 2.75) is 64.3 Å². The number of hydrogen-bond acceptors (Lipinski definition) is 3. The fraction of sp³-hybridized carbons (Fsp3) is 0.692. The highest BCUT2D eigenvalue weighted by molar-refractivity contribution is 5.92. The first-order valence-electron chi connectivity index (χ1n) is 12.1. The van der Waals surface area contributed by atoms with Crippen LogP contribution in [0.15, 0.2) is 24.3 Å². The minimum atomic E-state index is -0.704. The first-order chi connectivity index (χ1) is 14.9. The van der Waals surface area contributed by atoms with Gasteiger partial charge in [0.05, 0.1) is 6.61 Å². The molecule has 2 fully saturated rings. The highest BCUT2D eigenvalue weighted by Crippen LogP contribution is 2.47. The zero-order valence-electron chi connectivity index (χ0n) is 19.4. The number of fused-ring (bicyclic) bond motifs is 2. The van der Waals surface area contributed by atoms with Crippen molar-refractivity contribution in [2.75, 3.05) is 26.8 Å². The second-order valence-corrected chi connectivity index (χ2v) is 10.4. The predicted octanol–water partition coefficient (Wildman–Crippen LogP) is 3.60. The molecule has 1 heterocycles. The second-order valence-electron chi connectivity index (χ2n) is 10.4. The highest BCUT2D eigenvalue weighted by atomic mass is 16.5. The summed E-state index contributed by atoms with van der Waals surface area (Å²) >= 11 is 0. The maximum absolute atomic E-state index is 13.6. The van der Waals surface area contributed by atoms with Crippen molar-refractivity contribution in [1.82, 2.24) is 10.2 Å². The minimum Gasteiger partial charge on any atom is -0.383 e. The van der Waals surface area contributed by atoms with Gasteiger partial charge in [0.1, 0.15) is 5.54 Å². The lowest BCUT2D eigenvalue weighted by atomic mass is 9.62. The molecule has 4 atom stereocenters. The molecule has 31 heavy (non-hydrogen) atoms. The molecule has 2 amide bonds. The van der Waals surface area contributed by atoms with Gasteiger partial charge < -0.3 is 15.0 Å². The van der Waals surface area contributed by atoms with Gasteiger partial charge in [0, 0.05) is 26.6 Å². The van der Waals surface area contributed by atoms with E-state index in [0.717, 1.165) is 45.1 Å². The van der Waals surface area contributed by atoms with Gasteiger partial charge in [-0.25, -0.2) is 0 Å². The quantitative estimate of drug-likeness (QED) is 0.678. The number of methoxy groups -OCH3 is 1. The molecule has 1 saturated heterocycles. The summed E-state index contributed by atoms with van der Waals surface area (Å²) in [7, 11) is 1.65. The summed E-state index contributed by atoms with van der Waals surface area (Å²) in [4.78, 5) is 28.8. The number of ether oxygens (including phenoxy) is 1. The van der Waals surface area contributed by atoms with Gasteiger partial charge in [-0.15, -0.1) is 0 Å². The van der Waals surface area contributed by atoms with Crippen molar-refractivity contribution in [3.63, 3.8) is 0 Å². The number of benzene rings is 1. The Morgan fingerprint density at radius 2 is 1.90 bits per heavy atom. The molecule has 4 rings (SSSR count). The molecule has 0 unspecified atom stereocenters. The van der Waals surface area contributed by atoms with Crippen LogP contribution in [0.4, 0.5) is 0 Å². The maximum Gasteiger partial charge on any atom is 0.246 e. The van der Waals surface area contributed by atoms with Crippen LogP contribution in [0, 0.1) is 23.7 Å². The van der Waals surface area contributed by atoms with E-state index in [4.69, 9.17) is 4.74 Å². The van der Waals surface area contributed by atoms with E-state index in [0.29, 0.717) is 43.2 Å². The van der Waals surface area contributed by atoms with E-state index < -0.39 is 5.54 Å². The van der Waals surface area contributed by atoms with Crippen molar-refractivity contribution in [1.29, 1.82) is 0 Å². The fourth-order valence-corrected chi connectivity index (χ4v) is 6.42. The van der Waals surface area contributed by atoms with E-state index in [1.54, 1.807) is 7.11 Å². The first kappa shape index (κ1) is 22.3. The van der Waals surface area contributed by atoms with Crippen molar-refractivity contribution in [2.24, 2.45) is 23.7 Å². The van der Waals surface area contributed by atoms with E-state index in [1.165, 1.54) is 11.1 Å². The zero-order chi connectivity index (χ0) is 22.0. The van der Waals surface area contributed by atoms with Crippen molar-refractivity contribution in [3.05, 3.63) is 35.4 Å². The van der Waals surface area contributed by atoms with Crippen LogP contribution in [0.1, 0.15) is 57.1 Å². The van der Waals surface area contributed by atoms with E-state index >= 15 is 0 Å². The summed E-state index contributed by atoms with van der Waals surface area (Å²) in [6.45, 7) is 6.13. The molecule has 1 saturated carbocycles. The number of hydrogen-bond donors (Lipinski definition) is 1. The lowest BCUT2D eigenvalue weighted by Crippen LogP contribution is -2.63. The topological polar surface area (TPSA) is 58.6 Å². The largest absolute Gasteiger partial charge is 0.383 e. The third kappa shape index (κ3) is 4.52. The Morgan fingerprint density at radius 1 is 1.19 bits per heavy atom. The molecule has 0 bridgehead atoms. The average Bonchev–Trinajstić information content (AvgIpc) is 3.11. The molecule has 1 aromatic carbocycles. The molecule has 1 N–H and O–H groups in total. The Labute approximate surface area is 186 Å². The second kappa shape index (κ2) is 9.32. The van der Waals surface area contributed by atoms with Crippen LogP contribution >= 0.6 is 0 Å². The molecular formula is C26H38N2O3. The van der Waals surface area contributed by atoms with Crippen molar-refractivity contribution in [3.8, 4) is 0 Å². The SMILES string of the molecule is COCCNC(=O)[C@@]1(N2C[C@@H](CC(C)C)CC2=O)CC[C@H]2Cc3ccccc3C[C@@H]2C1. The van der Waals surface area contributed by atoms with Gasteiger partial charge in [0.2, 0.25) is 11.8 Å². The number of carbonyl (C=O) groups excluding carboxylic acids is 2. The molecule has 5 nitrogen and oxygen atoms in total. The smallest absolute Gasteiger partial charge is 0.246 e. The summed E-state index contributed by atoms with van der Waals surface area (Å²) in [6.07, 6.45) is 6.32. The average molecular weight is 427 g/mol. The number of nitrogens with zero attached hydrogens (tertiary/aromatic N) is 1. The van der Waals surface area contributed by atoms with Crippen LogP contribution in [0.2, 0.25) is 0 Å². The van der Waals surface area contributed by atoms with Crippen LogP contribution in [0.3, 0.4) is 0 Å². The zero-order valence-corrected chi connectivity index (χ0v) is 19.4. The Balaban J connectivity index is 1.58. The number of nitrogens with one attached hydrogen (secondary N) is 1. The van der Waals surface area contributed by atoms with E-state index in [9.17, 15) is 9.59 Å². The summed E-state index contributed by atoms with van der Waals surface area (Å²) in [5.74, 6) is 2.19. The fourth-order valence-electron chi connectivity index (χ4n) is 6.42. The molecule has 0 aromatic heterocycles. The predicted molar refractivity (Wildman–Crippen MR) is 122 cm³/mol. The number of carbonyl (C=O) groups is 2. The van der Waals surface area contributed by atoms with Crippen LogP contribution in [0.25, 0.3) is 0 Å². The highest BCUT2D eigenvalue weighted by Gasteiger charge is 2.54. The lowest BCUT2D eigenvalue weighted by molar-refractivity contribution is -0.149. The van der Waals surface area contributed by atoms with E-state index in [2.05, 4.69) is 43.4 Å². The molecule has 1 aliphatic heterocycles. The Hall–Kier alpha value is -1.88. The van der Waals surface area contributed by atoms with Crippen LogP contribution < -0.4 is 5.32 Å². The molecule has 0 spiro atoms. The van der Waals surface area contributed by atoms with Gasteiger partial charge in [-0.3, -0.25) is 9.59 Å². The van der Waals surface area contributed by atoms with Gasteiger partial charge in [-0.05, 0) is 73.3 Å². The van der Waals surface area contributed by atoms with Gasteiger partial charge in [-0.1, -0.05) is 38.1 Å². The van der Waals surface area contributed by atoms with Gasteiger partial charge >= 0.3 is 0 Å². The van der Waals surface area contributed by atoms with Gasteiger partial charge in [0.15, 0.2) is 0 Å². The molecule has 2 aliphatic carbocycles. The van der Waals surface area contributed by atoms with Crippen LogP contribution in [-0.2, 0) is 27.2 Å². The normalized spacial score (nSPS) is 30.3. The number of amides is 2. The summed E-state index contributed by atoms with van der Waals surface area (Å²) in [5, 5.41) is 3.10. The van der Waals surface area contributed by atoms with Crippen molar-refractivity contribution < 1.29 is 14.3 Å². The monoisotopic (exact) mass is 426 g/mol. The van der Waals surface area contributed by atoms with Gasteiger partial charge in [-0.2, -0.15) is 0 Å². The van der Waals surface area contributed by atoms with E-state index in [1.807, 2.05) is 4.90 Å². The number of rotatable bonds is 7. The lowest BCUT2D eigenvalue weighted by Gasteiger charge is -2.50. The summed E-state index contributed by atoms with van der Waals surface area (Å²) in [6, 6.07) is 8.74. The molecular weight excluding hydrogens is 388 g/mol. The van der Waals surface area contributed by atoms with E-state index in [-0.39, 0.29) is 11.8 Å². The maximum atomic E-state index is 13.6. The minimum absolute atomic E-state index is 0.0282.